The van der Waals surface area contributed by atoms with Gasteiger partial charge in [-0.05, 0) is 31.4 Å². The van der Waals surface area contributed by atoms with Gasteiger partial charge in [0.25, 0.3) is 0 Å². The fourth-order valence-electron chi connectivity index (χ4n) is 2.37. The van der Waals surface area contributed by atoms with Gasteiger partial charge in [-0.1, -0.05) is 0 Å². The van der Waals surface area contributed by atoms with E-state index in [4.69, 9.17) is 4.42 Å². The molecule has 1 aliphatic rings. The van der Waals surface area contributed by atoms with E-state index in [2.05, 4.69) is 5.32 Å². The van der Waals surface area contributed by atoms with Crippen LogP contribution >= 0.6 is 0 Å². The van der Waals surface area contributed by atoms with Crippen LogP contribution in [0.25, 0.3) is 0 Å². The van der Waals surface area contributed by atoms with Crippen molar-refractivity contribution < 1.29 is 17.6 Å². The van der Waals surface area contributed by atoms with E-state index in [-0.39, 0.29) is 11.8 Å². The Bertz CT molecular complexity index is 579. The van der Waals surface area contributed by atoms with E-state index < -0.39 is 10.0 Å². The second-order valence-corrected chi connectivity index (χ2v) is 7.25. The molecule has 20 heavy (non-hydrogen) atoms. The maximum absolute atomic E-state index is 11.8. The Kier molecular flexibility index (Phi) is 4.49. The largest absolute Gasteiger partial charge is 0.465 e. The second kappa shape index (κ2) is 5.97. The highest BCUT2D eigenvalue weighted by Gasteiger charge is 2.29. The van der Waals surface area contributed by atoms with Crippen molar-refractivity contribution in [2.75, 3.05) is 19.3 Å². The highest BCUT2D eigenvalue weighted by molar-refractivity contribution is 7.88. The number of carbonyl (C=O) groups excluding carboxylic acids is 1. The van der Waals surface area contributed by atoms with Crippen LogP contribution < -0.4 is 5.32 Å². The summed E-state index contributed by atoms with van der Waals surface area (Å²) in [6.45, 7) is 3.17. The third-order valence-corrected chi connectivity index (χ3v) is 4.72. The summed E-state index contributed by atoms with van der Waals surface area (Å²) in [4.78, 5) is 11.8. The summed E-state index contributed by atoms with van der Waals surface area (Å²) in [5.74, 6) is 1.57. The van der Waals surface area contributed by atoms with Gasteiger partial charge in [0.15, 0.2) is 0 Å². The monoisotopic (exact) mass is 300 g/mol. The molecule has 0 aromatic carbocycles. The number of amides is 1. The van der Waals surface area contributed by atoms with Crippen molar-refractivity contribution in [3.63, 3.8) is 0 Å². The van der Waals surface area contributed by atoms with Crippen LogP contribution in [0.2, 0.25) is 0 Å². The summed E-state index contributed by atoms with van der Waals surface area (Å²) in [7, 11) is -3.14. The van der Waals surface area contributed by atoms with E-state index in [1.807, 2.05) is 19.1 Å². The Morgan fingerprint density at radius 3 is 2.80 bits per heavy atom. The van der Waals surface area contributed by atoms with Crippen molar-refractivity contribution in [1.29, 1.82) is 0 Å². The SMILES string of the molecule is Cc1ccc(CNC(=O)CC2CCN(S(C)(=O)=O)C2)o1. The topological polar surface area (TPSA) is 79.6 Å². The summed E-state index contributed by atoms with van der Waals surface area (Å²) in [5.41, 5.74) is 0. The van der Waals surface area contributed by atoms with Gasteiger partial charge in [0.2, 0.25) is 15.9 Å². The van der Waals surface area contributed by atoms with Crippen molar-refractivity contribution in [3.8, 4) is 0 Å². The van der Waals surface area contributed by atoms with Crippen LogP contribution in [0.1, 0.15) is 24.4 Å². The number of hydrogen-bond donors (Lipinski definition) is 1. The zero-order valence-corrected chi connectivity index (χ0v) is 12.6. The molecule has 1 atom stereocenters. The summed E-state index contributed by atoms with van der Waals surface area (Å²) in [6.07, 6.45) is 2.29. The highest BCUT2D eigenvalue weighted by atomic mass is 32.2. The molecule has 1 aromatic heterocycles. The van der Waals surface area contributed by atoms with Crippen LogP contribution in [-0.4, -0.2) is 38.0 Å². The molecule has 0 spiro atoms. The molecule has 1 aliphatic heterocycles. The quantitative estimate of drug-likeness (QED) is 0.875. The van der Waals surface area contributed by atoms with Crippen molar-refractivity contribution in [1.82, 2.24) is 9.62 Å². The number of rotatable bonds is 5. The second-order valence-electron chi connectivity index (χ2n) is 5.27. The van der Waals surface area contributed by atoms with E-state index in [0.29, 0.717) is 26.1 Å². The molecule has 1 N–H and O–H groups in total. The van der Waals surface area contributed by atoms with E-state index in [1.165, 1.54) is 10.6 Å². The van der Waals surface area contributed by atoms with Gasteiger partial charge in [0.1, 0.15) is 11.5 Å². The molecule has 1 amide bonds. The Hall–Kier alpha value is -1.34. The molecule has 0 saturated carbocycles. The maximum atomic E-state index is 11.8. The Morgan fingerprint density at radius 2 is 2.25 bits per heavy atom. The Balaban J connectivity index is 1.75. The molecule has 2 rings (SSSR count). The maximum Gasteiger partial charge on any atom is 0.220 e. The van der Waals surface area contributed by atoms with Crippen LogP contribution in [0.3, 0.4) is 0 Å². The molecule has 112 valence electrons. The molecule has 0 aliphatic carbocycles. The first-order chi connectivity index (χ1) is 9.34. The van der Waals surface area contributed by atoms with Crippen molar-refractivity contribution >= 4 is 15.9 Å². The van der Waals surface area contributed by atoms with Gasteiger partial charge in [-0.3, -0.25) is 4.79 Å². The first kappa shape index (κ1) is 15.1. The summed E-state index contributed by atoms with van der Waals surface area (Å²) in [5, 5.41) is 2.79. The molecule has 0 radical (unpaired) electrons. The smallest absolute Gasteiger partial charge is 0.220 e. The van der Waals surface area contributed by atoms with Crippen LogP contribution in [0, 0.1) is 12.8 Å². The third-order valence-electron chi connectivity index (χ3n) is 3.45. The summed E-state index contributed by atoms with van der Waals surface area (Å²) < 4.78 is 29.6. The first-order valence-corrected chi connectivity index (χ1v) is 8.46. The lowest BCUT2D eigenvalue weighted by Gasteiger charge is -2.13. The van der Waals surface area contributed by atoms with Gasteiger partial charge in [-0.15, -0.1) is 0 Å². The molecule has 1 unspecified atom stereocenters. The Labute approximate surface area is 119 Å². The number of hydrogen-bond acceptors (Lipinski definition) is 4. The minimum absolute atomic E-state index is 0.0700. The van der Waals surface area contributed by atoms with E-state index in [9.17, 15) is 13.2 Å². The minimum atomic E-state index is -3.14. The lowest BCUT2D eigenvalue weighted by molar-refractivity contribution is -0.122. The zero-order valence-electron chi connectivity index (χ0n) is 11.8. The zero-order chi connectivity index (χ0) is 14.8. The van der Waals surface area contributed by atoms with Gasteiger partial charge in [-0.25, -0.2) is 12.7 Å². The molecule has 1 fully saturated rings. The van der Waals surface area contributed by atoms with E-state index in [0.717, 1.165) is 17.9 Å². The predicted molar refractivity (Wildman–Crippen MR) is 74.4 cm³/mol. The van der Waals surface area contributed by atoms with Gasteiger partial charge in [-0.2, -0.15) is 0 Å². The number of nitrogens with one attached hydrogen (secondary N) is 1. The number of nitrogens with zero attached hydrogens (tertiary/aromatic N) is 1. The molecular weight excluding hydrogens is 280 g/mol. The summed E-state index contributed by atoms with van der Waals surface area (Å²) >= 11 is 0. The molecule has 7 heteroatoms. The lowest BCUT2D eigenvalue weighted by atomic mass is 10.0. The highest BCUT2D eigenvalue weighted by Crippen LogP contribution is 2.21. The van der Waals surface area contributed by atoms with Crippen LogP contribution in [0.15, 0.2) is 16.5 Å². The molecule has 1 aromatic rings. The fraction of sp³-hybridized carbons (Fsp3) is 0.615. The first-order valence-electron chi connectivity index (χ1n) is 6.62. The van der Waals surface area contributed by atoms with E-state index in [1.54, 1.807) is 0 Å². The standard InChI is InChI=1S/C13H20N2O4S/c1-10-3-4-12(19-10)8-14-13(16)7-11-5-6-15(9-11)20(2,17)18/h3-4,11H,5-9H2,1-2H3,(H,14,16). The van der Waals surface area contributed by atoms with Crippen LogP contribution in [0.5, 0.6) is 0 Å². The average Bonchev–Trinajstić information content (AvgIpc) is 2.95. The number of aryl methyl sites for hydroxylation is 1. The van der Waals surface area contributed by atoms with Crippen molar-refractivity contribution in [3.05, 3.63) is 23.7 Å². The van der Waals surface area contributed by atoms with Crippen LogP contribution in [0.4, 0.5) is 0 Å². The molecular formula is C13H20N2O4S. The normalized spacial score (nSPS) is 20.2. The van der Waals surface area contributed by atoms with Crippen molar-refractivity contribution in [2.45, 2.75) is 26.3 Å². The van der Waals surface area contributed by atoms with Crippen LogP contribution in [-0.2, 0) is 21.4 Å². The number of sulfonamides is 1. The molecule has 6 nitrogen and oxygen atoms in total. The third kappa shape index (κ3) is 4.08. The lowest BCUT2D eigenvalue weighted by Crippen LogP contribution is -2.29. The minimum Gasteiger partial charge on any atom is -0.465 e. The predicted octanol–water partition coefficient (Wildman–Crippen LogP) is 0.876. The van der Waals surface area contributed by atoms with E-state index >= 15 is 0 Å². The summed E-state index contributed by atoms with van der Waals surface area (Å²) in [6, 6.07) is 3.68. The molecule has 0 bridgehead atoms. The molecule has 2 heterocycles. The van der Waals surface area contributed by atoms with Gasteiger partial charge in [0.05, 0.1) is 12.8 Å². The van der Waals surface area contributed by atoms with Gasteiger partial charge in [0, 0.05) is 19.5 Å². The van der Waals surface area contributed by atoms with Gasteiger partial charge < -0.3 is 9.73 Å². The Morgan fingerprint density at radius 1 is 1.50 bits per heavy atom. The fourth-order valence-corrected chi connectivity index (χ4v) is 3.28. The van der Waals surface area contributed by atoms with Gasteiger partial charge >= 0.3 is 0 Å². The average molecular weight is 300 g/mol. The van der Waals surface area contributed by atoms with Crippen molar-refractivity contribution in [2.24, 2.45) is 5.92 Å². The molecule has 1 saturated heterocycles. The number of carbonyl (C=O) groups is 1. The number of furan rings is 1.